The van der Waals surface area contributed by atoms with E-state index >= 15 is 0 Å². The van der Waals surface area contributed by atoms with Gasteiger partial charge in [-0.05, 0) is 58.0 Å². The number of nitrogens with zero attached hydrogens (tertiary/aromatic N) is 1. The SMILES string of the molecule is O=C(C=Cc1cccc(I)c1)Cc1cccnc1. The summed E-state index contributed by atoms with van der Waals surface area (Å²) >= 11 is 2.25. The molecule has 90 valence electrons. The average molecular weight is 349 g/mol. The van der Waals surface area contributed by atoms with Crippen LogP contribution in [-0.2, 0) is 11.2 Å². The summed E-state index contributed by atoms with van der Waals surface area (Å²) in [5.41, 5.74) is 1.98. The van der Waals surface area contributed by atoms with E-state index < -0.39 is 0 Å². The van der Waals surface area contributed by atoms with E-state index in [-0.39, 0.29) is 5.78 Å². The van der Waals surface area contributed by atoms with Crippen molar-refractivity contribution in [2.45, 2.75) is 6.42 Å². The summed E-state index contributed by atoms with van der Waals surface area (Å²) in [4.78, 5) is 15.7. The fourth-order valence-electron chi connectivity index (χ4n) is 1.56. The first-order chi connectivity index (χ1) is 8.74. The van der Waals surface area contributed by atoms with Crippen molar-refractivity contribution in [3.63, 3.8) is 0 Å². The fraction of sp³-hybridized carbons (Fsp3) is 0.0667. The molecule has 0 amide bonds. The minimum absolute atomic E-state index is 0.0851. The lowest BCUT2D eigenvalue weighted by molar-refractivity contribution is -0.113. The third-order valence-corrected chi connectivity index (χ3v) is 3.08. The number of carbonyl (C=O) groups is 1. The number of pyridine rings is 1. The molecule has 0 unspecified atom stereocenters. The Labute approximate surface area is 120 Å². The lowest BCUT2D eigenvalue weighted by Crippen LogP contribution is -1.98. The Hall–Kier alpha value is -1.49. The van der Waals surface area contributed by atoms with E-state index in [1.165, 1.54) is 0 Å². The van der Waals surface area contributed by atoms with Crippen molar-refractivity contribution in [2.24, 2.45) is 0 Å². The van der Waals surface area contributed by atoms with E-state index in [1.54, 1.807) is 18.5 Å². The second-order valence-corrected chi connectivity index (χ2v) is 5.14. The molecule has 0 aliphatic rings. The van der Waals surface area contributed by atoms with Gasteiger partial charge in [0.25, 0.3) is 0 Å². The molecule has 0 bridgehead atoms. The molecule has 0 saturated carbocycles. The molecule has 1 aromatic heterocycles. The largest absolute Gasteiger partial charge is 0.294 e. The lowest BCUT2D eigenvalue weighted by atomic mass is 10.1. The Morgan fingerprint density at radius 3 is 2.89 bits per heavy atom. The Balaban J connectivity index is 1.99. The molecule has 0 atom stereocenters. The van der Waals surface area contributed by atoms with Crippen LogP contribution in [0, 0.1) is 3.57 Å². The van der Waals surface area contributed by atoms with Gasteiger partial charge in [0, 0.05) is 22.4 Å². The van der Waals surface area contributed by atoms with E-state index in [4.69, 9.17) is 0 Å². The van der Waals surface area contributed by atoms with Gasteiger partial charge >= 0.3 is 0 Å². The van der Waals surface area contributed by atoms with Crippen LogP contribution in [0.15, 0.2) is 54.9 Å². The number of halogens is 1. The molecule has 0 aliphatic carbocycles. The Bertz CT molecular complexity index is 564. The normalized spacial score (nSPS) is 10.7. The van der Waals surface area contributed by atoms with Crippen molar-refractivity contribution >= 4 is 34.5 Å². The first kappa shape index (κ1) is 13.0. The van der Waals surface area contributed by atoms with E-state index in [0.29, 0.717) is 6.42 Å². The summed E-state index contributed by atoms with van der Waals surface area (Å²) in [6.45, 7) is 0. The van der Waals surface area contributed by atoms with Gasteiger partial charge in [-0.25, -0.2) is 0 Å². The summed E-state index contributed by atoms with van der Waals surface area (Å²) in [5, 5.41) is 0. The smallest absolute Gasteiger partial charge is 0.160 e. The number of rotatable bonds is 4. The molecule has 0 N–H and O–H groups in total. The van der Waals surface area contributed by atoms with Crippen LogP contribution in [0.1, 0.15) is 11.1 Å². The van der Waals surface area contributed by atoms with Gasteiger partial charge in [0.15, 0.2) is 5.78 Å². The minimum atomic E-state index is 0.0851. The molecule has 1 aromatic carbocycles. The number of carbonyl (C=O) groups excluding carboxylic acids is 1. The zero-order valence-electron chi connectivity index (χ0n) is 9.71. The highest BCUT2D eigenvalue weighted by atomic mass is 127. The van der Waals surface area contributed by atoms with Crippen molar-refractivity contribution in [1.82, 2.24) is 4.98 Å². The predicted octanol–water partition coefficient (Wildman–Crippen LogP) is 3.51. The first-order valence-corrected chi connectivity index (χ1v) is 6.67. The molecular weight excluding hydrogens is 337 g/mol. The number of aromatic nitrogens is 1. The zero-order valence-corrected chi connectivity index (χ0v) is 11.9. The van der Waals surface area contributed by atoms with Crippen LogP contribution in [0.5, 0.6) is 0 Å². The number of ketones is 1. The third-order valence-electron chi connectivity index (χ3n) is 2.41. The van der Waals surface area contributed by atoms with Crippen LogP contribution in [0.4, 0.5) is 0 Å². The highest BCUT2D eigenvalue weighted by Gasteiger charge is 1.99. The molecule has 1 heterocycles. The number of benzene rings is 1. The van der Waals surface area contributed by atoms with Gasteiger partial charge < -0.3 is 0 Å². The monoisotopic (exact) mass is 349 g/mol. The molecule has 0 fully saturated rings. The number of allylic oxidation sites excluding steroid dienone is 1. The van der Waals surface area contributed by atoms with Crippen molar-refractivity contribution in [3.05, 3.63) is 69.6 Å². The highest BCUT2D eigenvalue weighted by Crippen LogP contribution is 2.09. The van der Waals surface area contributed by atoms with Crippen molar-refractivity contribution in [2.75, 3.05) is 0 Å². The van der Waals surface area contributed by atoms with Crippen molar-refractivity contribution in [1.29, 1.82) is 0 Å². The number of hydrogen-bond donors (Lipinski definition) is 0. The Morgan fingerprint density at radius 1 is 1.28 bits per heavy atom. The maximum Gasteiger partial charge on any atom is 0.160 e. The molecule has 3 heteroatoms. The molecule has 2 aromatic rings. The second-order valence-electron chi connectivity index (χ2n) is 3.89. The van der Waals surface area contributed by atoms with Gasteiger partial charge in [-0.15, -0.1) is 0 Å². The summed E-state index contributed by atoms with van der Waals surface area (Å²) < 4.78 is 1.16. The zero-order chi connectivity index (χ0) is 12.8. The first-order valence-electron chi connectivity index (χ1n) is 5.59. The molecule has 0 spiro atoms. The molecule has 0 aliphatic heterocycles. The summed E-state index contributed by atoms with van der Waals surface area (Å²) in [7, 11) is 0. The average Bonchev–Trinajstić information content (AvgIpc) is 2.38. The van der Waals surface area contributed by atoms with Crippen LogP contribution < -0.4 is 0 Å². The molecule has 0 radical (unpaired) electrons. The van der Waals surface area contributed by atoms with Gasteiger partial charge in [-0.2, -0.15) is 0 Å². The summed E-state index contributed by atoms with van der Waals surface area (Å²) in [6, 6.07) is 11.8. The van der Waals surface area contributed by atoms with Crippen LogP contribution in [0.25, 0.3) is 6.08 Å². The van der Waals surface area contributed by atoms with Crippen molar-refractivity contribution < 1.29 is 4.79 Å². The van der Waals surface area contributed by atoms with Gasteiger partial charge in [-0.1, -0.05) is 24.3 Å². The molecule has 0 saturated heterocycles. The van der Waals surface area contributed by atoms with Crippen LogP contribution in [0.3, 0.4) is 0 Å². The summed E-state index contributed by atoms with van der Waals surface area (Å²) in [6.07, 6.45) is 7.29. The van der Waals surface area contributed by atoms with E-state index in [0.717, 1.165) is 14.7 Å². The standard InChI is InChI=1S/C15H12INO/c16-14-5-1-3-12(9-14)6-7-15(18)10-13-4-2-8-17-11-13/h1-9,11H,10H2. The second kappa shape index (κ2) is 6.44. The van der Waals surface area contributed by atoms with Crippen molar-refractivity contribution in [3.8, 4) is 0 Å². The highest BCUT2D eigenvalue weighted by molar-refractivity contribution is 14.1. The molecule has 2 nitrogen and oxygen atoms in total. The van der Waals surface area contributed by atoms with Crippen LogP contribution in [0.2, 0.25) is 0 Å². The van der Waals surface area contributed by atoms with E-state index in [2.05, 4.69) is 27.6 Å². The lowest BCUT2D eigenvalue weighted by Gasteiger charge is -1.96. The fourth-order valence-corrected chi connectivity index (χ4v) is 2.13. The van der Waals surface area contributed by atoms with Crippen LogP contribution in [-0.4, -0.2) is 10.8 Å². The van der Waals surface area contributed by atoms with Crippen LogP contribution >= 0.6 is 22.6 Å². The van der Waals surface area contributed by atoms with Gasteiger partial charge in [0.1, 0.15) is 0 Å². The minimum Gasteiger partial charge on any atom is -0.294 e. The molecular formula is C15H12INO. The maximum absolute atomic E-state index is 11.8. The van der Waals surface area contributed by atoms with Gasteiger partial charge in [0.2, 0.25) is 0 Å². The van der Waals surface area contributed by atoms with Gasteiger partial charge in [-0.3, -0.25) is 9.78 Å². The predicted molar refractivity (Wildman–Crippen MR) is 81.1 cm³/mol. The Morgan fingerprint density at radius 2 is 2.17 bits per heavy atom. The third kappa shape index (κ3) is 4.07. The maximum atomic E-state index is 11.8. The van der Waals surface area contributed by atoms with Gasteiger partial charge in [0.05, 0.1) is 0 Å². The molecule has 18 heavy (non-hydrogen) atoms. The van der Waals surface area contributed by atoms with E-state index in [9.17, 15) is 4.79 Å². The summed E-state index contributed by atoms with van der Waals surface area (Å²) in [5.74, 6) is 0.0851. The Kier molecular flexibility index (Phi) is 4.64. The molecule has 2 rings (SSSR count). The topological polar surface area (TPSA) is 30.0 Å². The number of hydrogen-bond acceptors (Lipinski definition) is 2. The van der Waals surface area contributed by atoms with E-state index in [1.807, 2.05) is 42.5 Å². The quantitative estimate of drug-likeness (QED) is 0.625.